The van der Waals surface area contributed by atoms with Crippen LogP contribution < -0.4 is 9.47 Å². The predicted octanol–water partition coefficient (Wildman–Crippen LogP) is 3.75. The highest BCUT2D eigenvalue weighted by atomic mass is 16.5. The first kappa shape index (κ1) is 21.2. The molecule has 0 saturated heterocycles. The number of amides is 2. The number of likely N-dealkylation sites (N-methyl/N-ethyl adjacent to an activating group) is 1. The molecular formula is C24H29N3O4. The van der Waals surface area contributed by atoms with Crippen LogP contribution in [0.1, 0.15) is 42.5 Å². The van der Waals surface area contributed by atoms with Crippen LogP contribution in [-0.2, 0) is 4.79 Å². The second-order valence-electron chi connectivity index (χ2n) is 8.20. The summed E-state index contributed by atoms with van der Waals surface area (Å²) in [4.78, 5) is 33.6. The molecule has 1 aromatic heterocycles. The zero-order chi connectivity index (χ0) is 21.6. The van der Waals surface area contributed by atoms with Gasteiger partial charge in [0, 0.05) is 32.8 Å². The van der Waals surface area contributed by atoms with E-state index in [9.17, 15) is 9.59 Å². The van der Waals surface area contributed by atoms with Crippen LogP contribution in [0.15, 0.2) is 42.6 Å². The smallest absolute Gasteiger partial charge is 0.259 e. The molecule has 31 heavy (non-hydrogen) atoms. The number of benzene rings is 1. The normalized spacial score (nSPS) is 17.6. The van der Waals surface area contributed by atoms with E-state index in [4.69, 9.17) is 9.47 Å². The van der Waals surface area contributed by atoms with Crippen molar-refractivity contribution < 1.29 is 19.1 Å². The van der Waals surface area contributed by atoms with Crippen LogP contribution in [0.25, 0.3) is 0 Å². The number of fused-ring (bicyclic) bond motifs is 2. The average Bonchev–Trinajstić information content (AvgIpc) is 2.76. The molecule has 1 aliphatic heterocycles. The third-order valence-corrected chi connectivity index (χ3v) is 6.07. The fourth-order valence-electron chi connectivity index (χ4n) is 3.86. The first-order valence-corrected chi connectivity index (χ1v) is 11.0. The van der Waals surface area contributed by atoms with Crippen LogP contribution in [0.5, 0.6) is 17.4 Å². The van der Waals surface area contributed by atoms with Gasteiger partial charge >= 0.3 is 0 Å². The Morgan fingerprint density at radius 1 is 1.10 bits per heavy atom. The molecule has 2 aliphatic rings. The van der Waals surface area contributed by atoms with Crippen LogP contribution in [0, 0.1) is 5.92 Å². The molecule has 2 amide bonds. The Morgan fingerprint density at radius 3 is 2.68 bits per heavy atom. The maximum Gasteiger partial charge on any atom is 0.259 e. The molecule has 0 spiro atoms. The van der Waals surface area contributed by atoms with Crippen molar-refractivity contribution in [2.24, 2.45) is 5.92 Å². The molecular weight excluding hydrogens is 394 g/mol. The Balaban J connectivity index is 1.55. The molecule has 0 N–H and O–H groups in total. The van der Waals surface area contributed by atoms with Crippen LogP contribution in [-0.4, -0.2) is 59.9 Å². The quantitative estimate of drug-likeness (QED) is 0.752. The topological polar surface area (TPSA) is 72.0 Å². The molecule has 0 bridgehead atoms. The molecule has 2 heterocycles. The van der Waals surface area contributed by atoms with Gasteiger partial charge in [0.05, 0.1) is 6.54 Å². The van der Waals surface area contributed by atoms with E-state index in [2.05, 4.69) is 4.98 Å². The summed E-state index contributed by atoms with van der Waals surface area (Å²) in [6.45, 7) is 1.70. The molecule has 0 atom stereocenters. The van der Waals surface area contributed by atoms with E-state index in [1.807, 2.05) is 23.1 Å². The lowest BCUT2D eigenvalue weighted by atomic mass is 9.82. The Kier molecular flexibility index (Phi) is 6.70. The maximum absolute atomic E-state index is 13.1. The number of nitrogens with zero attached hydrogens (tertiary/aromatic N) is 3. The molecule has 1 saturated carbocycles. The van der Waals surface area contributed by atoms with Gasteiger partial charge in [0.15, 0.2) is 11.5 Å². The fourth-order valence-corrected chi connectivity index (χ4v) is 3.86. The zero-order valence-electron chi connectivity index (χ0n) is 18.0. The maximum atomic E-state index is 13.1. The minimum absolute atomic E-state index is 0.123. The van der Waals surface area contributed by atoms with Gasteiger partial charge in [-0.3, -0.25) is 9.59 Å². The summed E-state index contributed by atoms with van der Waals surface area (Å²) in [5.74, 6) is 1.90. The number of para-hydroxylation sites is 2. The molecule has 4 rings (SSSR count). The number of carbonyl (C=O) groups excluding carboxylic acids is 2. The third-order valence-electron chi connectivity index (χ3n) is 6.07. The number of hydrogen-bond acceptors (Lipinski definition) is 5. The number of pyridine rings is 1. The lowest BCUT2D eigenvalue weighted by Gasteiger charge is -2.28. The van der Waals surface area contributed by atoms with E-state index in [1.54, 1.807) is 36.3 Å². The number of rotatable bonds is 3. The van der Waals surface area contributed by atoms with Crippen molar-refractivity contribution in [2.75, 3.05) is 33.3 Å². The lowest BCUT2D eigenvalue weighted by Crippen LogP contribution is -2.41. The van der Waals surface area contributed by atoms with E-state index >= 15 is 0 Å². The minimum Gasteiger partial charge on any atom is -0.488 e. The SMILES string of the molecule is CN1CCN(C(=O)CCC2CCC2)CCOc2ccccc2Oc2ncccc2C1=O. The highest BCUT2D eigenvalue weighted by Gasteiger charge is 2.24. The second-order valence-corrected chi connectivity index (χ2v) is 8.20. The Morgan fingerprint density at radius 2 is 1.90 bits per heavy atom. The number of hydrogen-bond donors (Lipinski definition) is 0. The van der Waals surface area contributed by atoms with Crippen LogP contribution in [0.4, 0.5) is 0 Å². The third kappa shape index (κ3) is 5.16. The molecule has 0 unspecified atom stereocenters. The highest BCUT2D eigenvalue weighted by Crippen LogP contribution is 2.33. The number of aromatic nitrogens is 1. The van der Waals surface area contributed by atoms with Crippen molar-refractivity contribution in [3.8, 4) is 17.4 Å². The average molecular weight is 424 g/mol. The van der Waals surface area contributed by atoms with Crippen molar-refractivity contribution in [1.82, 2.24) is 14.8 Å². The van der Waals surface area contributed by atoms with Gasteiger partial charge in [0.2, 0.25) is 11.8 Å². The van der Waals surface area contributed by atoms with Crippen molar-refractivity contribution in [3.63, 3.8) is 0 Å². The molecule has 7 heteroatoms. The van der Waals surface area contributed by atoms with Crippen LogP contribution in [0.2, 0.25) is 0 Å². The van der Waals surface area contributed by atoms with Crippen molar-refractivity contribution in [2.45, 2.75) is 32.1 Å². The summed E-state index contributed by atoms with van der Waals surface area (Å²) in [6, 6.07) is 10.7. The summed E-state index contributed by atoms with van der Waals surface area (Å²) >= 11 is 0. The Bertz CT molecular complexity index is 929. The molecule has 1 aromatic carbocycles. The molecule has 2 aromatic rings. The van der Waals surface area contributed by atoms with E-state index < -0.39 is 0 Å². The summed E-state index contributed by atoms with van der Waals surface area (Å²) in [5.41, 5.74) is 0.377. The standard InChI is InChI=1S/C24H29N3O4/c1-26-14-15-27(22(28)12-11-18-6-4-7-18)16-17-30-20-9-2-3-10-21(20)31-23-19(24(26)29)8-5-13-25-23/h2-3,5,8-10,13,18H,4,6-7,11-12,14-17H2,1H3. The summed E-state index contributed by atoms with van der Waals surface area (Å²) in [7, 11) is 1.74. The number of carbonyl (C=O) groups is 2. The molecule has 1 aliphatic carbocycles. The van der Waals surface area contributed by atoms with Crippen LogP contribution >= 0.6 is 0 Å². The van der Waals surface area contributed by atoms with Gasteiger partial charge in [-0.1, -0.05) is 31.4 Å². The summed E-state index contributed by atoms with van der Waals surface area (Å²) in [6.07, 6.45) is 6.84. The van der Waals surface area contributed by atoms with E-state index in [-0.39, 0.29) is 17.7 Å². The number of ether oxygens (including phenoxy) is 2. The lowest BCUT2D eigenvalue weighted by molar-refractivity contribution is -0.132. The monoisotopic (exact) mass is 423 g/mol. The van der Waals surface area contributed by atoms with Gasteiger partial charge in [-0.25, -0.2) is 4.98 Å². The van der Waals surface area contributed by atoms with E-state index in [1.165, 1.54) is 19.3 Å². The highest BCUT2D eigenvalue weighted by molar-refractivity contribution is 5.96. The second kappa shape index (κ2) is 9.81. The van der Waals surface area contributed by atoms with Gasteiger partial charge in [0.25, 0.3) is 5.91 Å². The van der Waals surface area contributed by atoms with Gasteiger partial charge < -0.3 is 19.3 Å². The largest absolute Gasteiger partial charge is 0.488 e. The van der Waals surface area contributed by atoms with Gasteiger partial charge in [-0.05, 0) is 36.6 Å². The van der Waals surface area contributed by atoms with E-state index in [0.717, 1.165) is 6.42 Å². The first-order valence-electron chi connectivity index (χ1n) is 11.0. The fraction of sp³-hybridized carbons (Fsp3) is 0.458. The van der Waals surface area contributed by atoms with Crippen molar-refractivity contribution in [3.05, 3.63) is 48.2 Å². The van der Waals surface area contributed by atoms with Gasteiger partial charge in [-0.2, -0.15) is 0 Å². The van der Waals surface area contributed by atoms with Crippen molar-refractivity contribution in [1.29, 1.82) is 0 Å². The van der Waals surface area contributed by atoms with Gasteiger partial charge in [0.1, 0.15) is 12.2 Å². The van der Waals surface area contributed by atoms with Gasteiger partial charge in [-0.15, -0.1) is 0 Å². The minimum atomic E-state index is -0.192. The predicted molar refractivity (Wildman–Crippen MR) is 116 cm³/mol. The first-order chi connectivity index (χ1) is 15.1. The Labute approximate surface area is 183 Å². The molecule has 0 radical (unpaired) electrons. The zero-order valence-corrected chi connectivity index (χ0v) is 18.0. The van der Waals surface area contributed by atoms with E-state index in [0.29, 0.717) is 55.6 Å². The van der Waals surface area contributed by atoms with Crippen LogP contribution in [0.3, 0.4) is 0 Å². The molecule has 1 fully saturated rings. The molecule has 164 valence electrons. The van der Waals surface area contributed by atoms with Crippen molar-refractivity contribution >= 4 is 11.8 Å². The summed E-state index contributed by atoms with van der Waals surface area (Å²) < 4.78 is 11.9. The molecule has 7 nitrogen and oxygen atoms in total. The summed E-state index contributed by atoms with van der Waals surface area (Å²) in [5, 5.41) is 0. The Hall–Kier alpha value is -3.09.